The third kappa shape index (κ3) is 3.97. The highest BCUT2D eigenvalue weighted by atomic mass is 32.2. The maximum absolute atomic E-state index is 13.3. The summed E-state index contributed by atoms with van der Waals surface area (Å²) in [5.41, 5.74) is -0.662. The van der Waals surface area contributed by atoms with Crippen LogP contribution in [0.5, 0.6) is 0 Å². The number of rotatable bonds is 7. The van der Waals surface area contributed by atoms with Crippen molar-refractivity contribution in [1.82, 2.24) is 9.88 Å². The van der Waals surface area contributed by atoms with E-state index in [9.17, 15) is 13.2 Å². The van der Waals surface area contributed by atoms with Gasteiger partial charge in [-0.05, 0) is 30.4 Å². The third-order valence-electron chi connectivity index (χ3n) is 5.73. The van der Waals surface area contributed by atoms with Gasteiger partial charge in [-0.25, -0.2) is 4.98 Å². The molecular formula is C19H24N4O3S3. The van der Waals surface area contributed by atoms with Crippen LogP contribution in [0.25, 0.3) is 0 Å². The van der Waals surface area contributed by atoms with Crippen LogP contribution in [0.4, 0.5) is 5.13 Å². The highest BCUT2D eigenvalue weighted by molar-refractivity contribution is 7.92. The number of aromatic nitrogens is 1. The highest BCUT2D eigenvalue weighted by Gasteiger charge is 2.64. The quantitative estimate of drug-likeness (QED) is 0.512. The van der Waals surface area contributed by atoms with Gasteiger partial charge in [-0.15, -0.1) is 27.1 Å². The second-order valence-electron chi connectivity index (χ2n) is 7.90. The molecule has 2 atom stereocenters. The second kappa shape index (κ2) is 7.81. The van der Waals surface area contributed by atoms with Gasteiger partial charge in [-0.2, -0.15) is 8.42 Å². The summed E-state index contributed by atoms with van der Waals surface area (Å²) in [7, 11) is -0.344. The molecule has 2 fully saturated rings. The molecule has 2 heterocycles. The van der Waals surface area contributed by atoms with Gasteiger partial charge in [0.2, 0.25) is 5.91 Å². The Morgan fingerprint density at radius 1 is 1.34 bits per heavy atom. The Balaban J connectivity index is 1.64. The smallest absolute Gasteiger partial charge is 0.293 e. The Bertz CT molecular complexity index is 1010. The van der Waals surface area contributed by atoms with Gasteiger partial charge in [-0.1, -0.05) is 25.7 Å². The summed E-state index contributed by atoms with van der Waals surface area (Å²) in [6, 6.07) is 3.36. The molecule has 0 radical (unpaired) electrons. The first-order valence-electron chi connectivity index (χ1n) is 9.61. The van der Waals surface area contributed by atoms with Crippen LogP contribution in [0.3, 0.4) is 0 Å². The van der Waals surface area contributed by atoms with Gasteiger partial charge in [0, 0.05) is 30.5 Å². The zero-order valence-electron chi connectivity index (χ0n) is 16.4. The number of sulfonamides is 1. The number of amides is 1. The molecule has 2 unspecified atom stereocenters. The molecule has 0 aliphatic heterocycles. The molecule has 2 aromatic rings. The van der Waals surface area contributed by atoms with E-state index in [1.807, 2.05) is 5.38 Å². The lowest BCUT2D eigenvalue weighted by Crippen LogP contribution is -2.30. The van der Waals surface area contributed by atoms with Gasteiger partial charge in [0.15, 0.2) is 5.13 Å². The maximum Gasteiger partial charge on any atom is 0.293 e. The Morgan fingerprint density at radius 2 is 2.10 bits per heavy atom. The van der Waals surface area contributed by atoms with Crippen molar-refractivity contribution in [1.29, 1.82) is 0 Å². The second-order valence-corrected chi connectivity index (χ2v) is 11.7. The summed E-state index contributed by atoms with van der Waals surface area (Å²) in [4.78, 5) is 19.9. The van der Waals surface area contributed by atoms with Crippen LogP contribution in [0, 0.1) is 11.8 Å². The van der Waals surface area contributed by atoms with Crippen molar-refractivity contribution < 1.29 is 13.2 Å². The first-order valence-corrected chi connectivity index (χ1v) is 12.7. The molecule has 1 amide bonds. The van der Waals surface area contributed by atoms with E-state index >= 15 is 0 Å². The maximum atomic E-state index is 13.3. The number of anilines is 1. The van der Waals surface area contributed by atoms with E-state index in [2.05, 4.69) is 14.7 Å². The van der Waals surface area contributed by atoms with Crippen LogP contribution in [-0.4, -0.2) is 44.6 Å². The topological polar surface area (TPSA) is 91.7 Å². The fourth-order valence-corrected chi connectivity index (χ4v) is 7.27. The molecule has 2 aromatic heterocycles. The predicted octanol–water partition coefficient (Wildman–Crippen LogP) is 3.57. The SMILES string of the molecule is CN(C)C=NS(=O)(=O)c1ccc(C2(C(=O)Nc3nccs3)CC2C2CCCC2)s1. The molecule has 4 rings (SSSR count). The van der Waals surface area contributed by atoms with Crippen LogP contribution in [0.15, 0.2) is 32.3 Å². The fourth-order valence-electron chi connectivity index (χ4n) is 4.27. The van der Waals surface area contributed by atoms with Crippen molar-refractivity contribution in [3.8, 4) is 0 Å². The molecule has 29 heavy (non-hydrogen) atoms. The fraction of sp³-hybridized carbons (Fsp3) is 0.526. The predicted molar refractivity (Wildman–Crippen MR) is 116 cm³/mol. The molecular weight excluding hydrogens is 428 g/mol. The van der Waals surface area contributed by atoms with Crippen LogP contribution in [-0.2, 0) is 20.2 Å². The van der Waals surface area contributed by atoms with Crippen LogP contribution in [0.2, 0.25) is 0 Å². The summed E-state index contributed by atoms with van der Waals surface area (Å²) in [5.74, 6) is 0.697. The number of nitrogens with one attached hydrogen (secondary N) is 1. The van der Waals surface area contributed by atoms with E-state index in [-0.39, 0.29) is 16.0 Å². The van der Waals surface area contributed by atoms with Gasteiger partial charge < -0.3 is 10.2 Å². The van der Waals surface area contributed by atoms with Crippen molar-refractivity contribution in [2.24, 2.45) is 16.2 Å². The Labute approximate surface area is 178 Å². The van der Waals surface area contributed by atoms with Gasteiger partial charge in [-0.3, -0.25) is 4.79 Å². The summed E-state index contributed by atoms with van der Waals surface area (Å²) in [5, 5.41) is 5.35. The molecule has 2 saturated carbocycles. The lowest BCUT2D eigenvalue weighted by Gasteiger charge is -2.18. The third-order valence-corrected chi connectivity index (χ3v) is 9.38. The monoisotopic (exact) mass is 452 g/mol. The number of hydrogen-bond acceptors (Lipinski definition) is 6. The van der Waals surface area contributed by atoms with Crippen LogP contribution >= 0.6 is 22.7 Å². The Hall–Kier alpha value is -1.78. The first-order chi connectivity index (χ1) is 13.8. The average molecular weight is 453 g/mol. The van der Waals surface area contributed by atoms with Crippen molar-refractivity contribution in [3.05, 3.63) is 28.6 Å². The van der Waals surface area contributed by atoms with E-state index in [1.165, 1.54) is 41.9 Å². The summed E-state index contributed by atoms with van der Waals surface area (Å²) >= 11 is 2.55. The zero-order valence-corrected chi connectivity index (χ0v) is 18.8. The lowest BCUT2D eigenvalue weighted by atomic mass is 9.91. The number of nitrogens with zero attached hydrogens (tertiary/aromatic N) is 3. The van der Waals surface area contributed by atoms with Crippen LogP contribution < -0.4 is 5.32 Å². The lowest BCUT2D eigenvalue weighted by molar-refractivity contribution is -0.119. The minimum Gasteiger partial charge on any atom is -0.368 e. The van der Waals surface area contributed by atoms with Crippen molar-refractivity contribution in [2.45, 2.75) is 41.7 Å². The normalized spacial score (nSPS) is 24.8. The summed E-state index contributed by atoms with van der Waals surface area (Å²) in [6.45, 7) is 0. The molecule has 7 nitrogen and oxygen atoms in total. The highest BCUT2D eigenvalue weighted by Crippen LogP contribution is 2.62. The first kappa shape index (κ1) is 20.5. The van der Waals surface area contributed by atoms with E-state index in [4.69, 9.17) is 0 Å². The molecule has 2 aliphatic rings. The molecule has 10 heteroatoms. The van der Waals surface area contributed by atoms with Crippen LogP contribution in [0.1, 0.15) is 37.0 Å². The average Bonchev–Trinajstić information content (AvgIpc) is 3.21. The molecule has 1 N–H and O–H groups in total. The Kier molecular flexibility index (Phi) is 5.52. The molecule has 0 saturated heterocycles. The number of thiazole rings is 1. The Morgan fingerprint density at radius 3 is 2.76 bits per heavy atom. The summed E-state index contributed by atoms with van der Waals surface area (Å²) < 4.78 is 29.0. The van der Waals surface area contributed by atoms with E-state index < -0.39 is 15.4 Å². The number of thiophene rings is 1. The van der Waals surface area contributed by atoms with E-state index in [0.29, 0.717) is 11.0 Å². The molecule has 156 valence electrons. The summed E-state index contributed by atoms with van der Waals surface area (Å²) in [6.07, 6.45) is 8.38. The number of carbonyl (C=O) groups excluding carboxylic acids is 1. The van der Waals surface area contributed by atoms with Gasteiger partial charge >= 0.3 is 0 Å². The zero-order chi connectivity index (χ0) is 20.6. The molecule has 2 aliphatic carbocycles. The minimum absolute atomic E-state index is 0.0769. The minimum atomic E-state index is -3.77. The molecule has 0 aromatic carbocycles. The van der Waals surface area contributed by atoms with Gasteiger partial charge in [0.1, 0.15) is 10.5 Å². The van der Waals surface area contributed by atoms with Crippen molar-refractivity contribution >= 4 is 50.1 Å². The number of hydrogen-bond donors (Lipinski definition) is 1. The van der Waals surface area contributed by atoms with Gasteiger partial charge in [0.25, 0.3) is 10.0 Å². The number of carbonyl (C=O) groups is 1. The van der Waals surface area contributed by atoms with Crippen molar-refractivity contribution in [3.63, 3.8) is 0 Å². The largest absolute Gasteiger partial charge is 0.368 e. The molecule has 0 spiro atoms. The van der Waals surface area contributed by atoms with E-state index in [1.54, 1.807) is 37.3 Å². The van der Waals surface area contributed by atoms with Crippen molar-refractivity contribution in [2.75, 3.05) is 19.4 Å². The standard InChI is InChI=1S/C19H24N4O3S3/c1-23(2)12-21-29(25,26)16-8-7-15(28-16)19(11-14(19)13-5-3-4-6-13)17(24)22-18-20-9-10-27-18/h7-10,12-14H,3-6,11H2,1-2H3,(H,20,22,24). The van der Waals surface area contributed by atoms with Gasteiger partial charge in [0.05, 0.1) is 5.41 Å². The van der Waals surface area contributed by atoms with E-state index in [0.717, 1.165) is 24.1 Å². The molecule has 0 bridgehead atoms.